The molecule has 1 unspecified atom stereocenters. The normalized spacial score (nSPS) is 19.8. The van der Waals surface area contributed by atoms with Gasteiger partial charge in [-0.05, 0) is 12.7 Å². The molecule has 5 nitrogen and oxygen atoms in total. The van der Waals surface area contributed by atoms with E-state index in [0.717, 1.165) is 13.0 Å². The fraction of sp³-hybridized carbons (Fsp3) is 0.500. The summed E-state index contributed by atoms with van der Waals surface area (Å²) in [5.41, 5.74) is 0. The smallest absolute Gasteiger partial charge is 0.244 e. The number of amides is 1. The Labute approximate surface area is 109 Å². The summed E-state index contributed by atoms with van der Waals surface area (Å²) >= 11 is 7.29. The number of hydrogen-bond donors (Lipinski definition) is 1. The Kier molecular flexibility index (Phi) is 3.73. The maximum absolute atomic E-state index is 11.7. The summed E-state index contributed by atoms with van der Waals surface area (Å²) in [7, 11) is 1.80. The summed E-state index contributed by atoms with van der Waals surface area (Å²) in [5, 5.41) is 4.07. The first-order valence-corrected chi connectivity index (χ1v) is 6.80. The monoisotopic (exact) mass is 272 g/mol. The number of carbonyl (C=O) groups is 1. The van der Waals surface area contributed by atoms with Crippen molar-refractivity contribution >= 4 is 35.1 Å². The van der Waals surface area contributed by atoms with E-state index in [1.807, 2.05) is 6.26 Å². The van der Waals surface area contributed by atoms with Crippen LogP contribution in [0.4, 0.5) is 5.82 Å². The topological polar surface area (TPSA) is 58.1 Å². The molecule has 0 aromatic carbocycles. The van der Waals surface area contributed by atoms with Gasteiger partial charge in [0.05, 0.1) is 0 Å². The van der Waals surface area contributed by atoms with Crippen molar-refractivity contribution in [3.63, 3.8) is 0 Å². The molecule has 0 saturated carbocycles. The average molecular weight is 273 g/mol. The molecule has 0 bridgehead atoms. The molecule has 1 aliphatic rings. The number of likely N-dealkylation sites (N-methyl/N-ethyl adjacent to an activating group) is 1. The van der Waals surface area contributed by atoms with Gasteiger partial charge in [-0.3, -0.25) is 4.79 Å². The number of likely N-dealkylation sites (tertiary alicyclic amines) is 1. The van der Waals surface area contributed by atoms with Gasteiger partial charge in [0.25, 0.3) is 0 Å². The number of nitrogens with one attached hydrogen (secondary N) is 1. The van der Waals surface area contributed by atoms with Gasteiger partial charge in [-0.1, -0.05) is 23.4 Å². The molecule has 2 heterocycles. The summed E-state index contributed by atoms with van der Waals surface area (Å²) in [6, 6.07) is 1.42. The lowest BCUT2D eigenvalue weighted by atomic mass is 10.2. The third-order valence-electron chi connectivity index (χ3n) is 2.61. The van der Waals surface area contributed by atoms with Crippen LogP contribution in [0.2, 0.25) is 5.15 Å². The minimum atomic E-state index is -0.208. The molecule has 2 rings (SSSR count). The van der Waals surface area contributed by atoms with E-state index >= 15 is 0 Å². The highest BCUT2D eigenvalue weighted by molar-refractivity contribution is 7.98. The van der Waals surface area contributed by atoms with Gasteiger partial charge in [-0.15, -0.1) is 0 Å². The van der Waals surface area contributed by atoms with Gasteiger partial charge in [0.1, 0.15) is 17.0 Å². The average Bonchev–Trinajstić information content (AvgIpc) is 2.60. The van der Waals surface area contributed by atoms with Gasteiger partial charge in [0, 0.05) is 19.7 Å². The van der Waals surface area contributed by atoms with Crippen molar-refractivity contribution in [1.29, 1.82) is 0 Å². The van der Waals surface area contributed by atoms with Gasteiger partial charge < -0.3 is 10.2 Å². The predicted molar refractivity (Wildman–Crippen MR) is 68.5 cm³/mol. The zero-order valence-electron chi connectivity index (χ0n) is 9.61. The van der Waals surface area contributed by atoms with E-state index in [9.17, 15) is 4.79 Å². The molecule has 1 saturated heterocycles. The quantitative estimate of drug-likeness (QED) is 0.513. The van der Waals surface area contributed by atoms with Crippen LogP contribution in [-0.4, -0.2) is 46.7 Å². The molecule has 1 fully saturated rings. The number of anilines is 1. The number of hydrogen-bond acceptors (Lipinski definition) is 5. The third kappa shape index (κ3) is 2.81. The number of rotatable bonds is 3. The van der Waals surface area contributed by atoms with E-state index in [-0.39, 0.29) is 11.9 Å². The first kappa shape index (κ1) is 12.4. The molecule has 1 aromatic rings. The lowest BCUT2D eigenvalue weighted by molar-refractivity contribution is -0.127. The molecule has 92 valence electrons. The fourth-order valence-corrected chi connectivity index (χ4v) is 2.31. The first-order valence-electron chi connectivity index (χ1n) is 5.20. The highest BCUT2D eigenvalue weighted by Gasteiger charge is 2.29. The van der Waals surface area contributed by atoms with Crippen LogP contribution >= 0.6 is 23.4 Å². The first-order chi connectivity index (χ1) is 8.10. The van der Waals surface area contributed by atoms with E-state index in [0.29, 0.717) is 16.1 Å². The molecule has 1 aromatic heterocycles. The summed E-state index contributed by atoms with van der Waals surface area (Å²) < 4.78 is 0. The van der Waals surface area contributed by atoms with Crippen LogP contribution < -0.4 is 5.32 Å². The lowest BCUT2D eigenvalue weighted by Crippen LogP contribution is -2.31. The molecule has 0 spiro atoms. The predicted octanol–water partition coefficient (Wildman–Crippen LogP) is 1.49. The third-order valence-corrected chi connectivity index (χ3v) is 3.35. The molecular weight excluding hydrogens is 260 g/mol. The molecule has 1 amide bonds. The Hall–Kier alpha value is -1.01. The van der Waals surface area contributed by atoms with E-state index in [4.69, 9.17) is 11.6 Å². The van der Waals surface area contributed by atoms with Crippen molar-refractivity contribution in [2.45, 2.75) is 17.6 Å². The number of nitrogens with zero attached hydrogens (tertiary/aromatic N) is 3. The molecular formula is C10H13ClN4OS. The minimum absolute atomic E-state index is 0.0884. The van der Waals surface area contributed by atoms with Crippen molar-refractivity contribution in [1.82, 2.24) is 14.9 Å². The van der Waals surface area contributed by atoms with Crippen LogP contribution in [0.15, 0.2) is 11.2 Å². The van der Waals surface area contributed by atoms with Crippen LogP contribution in [0.1, 0.15) is 6.42 Å². The van der Waals surface area contributed by atoms with Crippen molar-refractivity contribution in [2.75, 3.05) is 25.2 Å². The minimum Gasteiger partial charge on any atom is -0.358 e. The zero-order chi connectivity index (χ0) is 12.4. The van der Waals surface area contributed by atoms with Crippen LogP contribution in [-0.2, 0) is 4.79 Å². The van der Waals surface area contributed by atoms with Crippen molar-refractivity contribution in [3.8, 4) is 0 Å². The standard InChI is InChI=1S/C10H13ClN4OS/c1-15-4-3-6(9(15)16)12-8-5-7(11)13-10(14-8)17-2/h5-6H,3-4H2,1-2H3,(H,12,13,14). The van der Waals surface area contributed by atoms with Gasteiger partial charge in [0.15, 0.2) is 5.16 Å². The van der Waals surface area contributed by atoms with Crippen LogP contribution in [0.3, 0.4) is 0 Å². The summed E-state index contributed by atoms with van der Waals surface area (Å²) in [5.74, 6) is 0.688. The maximum atomic E-state index is 11.7. The van der Waals surface area contributed by atoms with Crippen LogP contribution in [0.5, 0.6) is 0 Å². The lowest BCUT2D eigenvalue weighted by Gasteiger charge is -2.13. The van der Waals surface area contributed by atoms with Gasteiger partial charge >= 0.3 is 0 Å². The van der Waals surface area contributed by atoms with Gasteiger partial charge in [0.2, 0.25) is 5.91 Å². The molecule has 1 aliphatic heterocycles. The number of carbonyl (C=O) groups excluding carboxylic acids is 1. The number of halogens is 1. The second-order valence-corrected chi connectivity index (χ2v) is 4.97. The summed E-state index contributed by atoms with van der Waals surface area (Å²) in [6.07, 6.45) is 2.66. The highest BCUT2D eigenvalue weighted by atomic mass is 35.5. The Morgan fingerprint density at radius 2 is 2.35 bits per heavy atom. The van der Waals surface area contributed by atoms with Crippen LogP contribution in [0, 0.1) is 0 Å². The molecule has 17 heavy (non-hydrogen) atoms. The molecule has 1 N–H and O–H groups in total. The second kappa shape index (κ2) is 5.10. The Balaban J connectivity index is 2.13. The van der Waals surface area contributed by atoms with E-state index in [2.05, 4.69) is 15.3 Å². The van der Waals surface area contributed by atoms with E-state index in [1.54, 1.807) is 18.0 Å². The molecule has 0 radical (unpaired) electrons. The number of aromatic nitrogens is 2. The largest absolute Gasteiger partial charge is 0.358 e. The van der Waals surface area contributed by atoms with Crippen molar-refractivity contribution in [3.05, 3.63) is 11.2 Å². The Morgan fingerprint density at radius 1 is 1.59 bits per heavy atom. The van der Waals surface area contributed by atoms with Crippen molar-refractivity contribution in [2.24, 2.45) is 0 Å². The Morgan fingerprint density at radius 3 is 2.94 bits per heavy atom. The van der Waals surface area contributed by atoms with Gasteiger partial charge in [-0.2, -0.15) is 0 Å². The Bertz CT molecular complexity index is 442. The molecule has 0 aliphatic carbocycles. The zero-order valence-corrected chi connectivity index (χ0v) is 11.2. The second-order valence-electron chi connectivity index (χ2n) is 3.81. The van der Waals surface area contributed by atoms with Crippen molar-refractivity contribution < 1.29 is 4.79 Å². The summed E-state index contributed by atoms with van der Waals surface area (Å²) in [6.45, 7) is 0.769. The molecule has 1 atom stereocenters. The SMILES string of the molecule is CSc1nc(Cl)cc(NC2CCN(C)C2=O)n1. The van der Waals surface area contributed by atoms with E-state index in [1.165, 1.54) is 11.8 Å². The molecule has 7 heteroatoms. The fourth-order valence-electron chi connectivity index (χ4n) is 1.70. The van der Waals surface area contributed by atoms with E-state index < -0.39 is 0 Å². The van der Waals surface area contributed by atoms with Gasteiger partial charge in [-0.25, -0.2) is 9.97 Å². The number of thioether (sulfide) groups is 1. The van der Waals surface area contributed by atoms with Crippen LogP contribution in [0.25, 0.3) is 0 Å². The highest BCUT2D eigenvalue weighted by Crippen LogP contribution is 2.20. The maximum Gasteiger partial charge on any atom is 0.244 e. The summed E-state index contributed by atoms with van der Waals surface area (Å²) in [4.78, 5) is 21.7.